The average Bonchev–Trinajstić information content (AvgIpc) is 3.20. The lowest BCUT2D eigenvalue weighted by molar-refractivity contribution is 0.102. The third-order valence-electron chi connectivity index (χ3n) is 4.96. The number of rotatable bonds is 6. The Morgan fingerprint density at radius 1 is 1.14 bits per heavy atom. The minimum absolute atomic E-state index is 0.0520. The number of benzene rings is 1. The topological polar surface area (TPSA) is 64.8 Å². The lowest BCUT2D eigenvalue weighted by Gasteiger charge is -2.13. The molecule has 0 atom stereocenters. The van der Waals surface area contributed by atoms with Crippen molar-refractivity contribution in [1.82, 2.24) is 14.5 Å². The van der Waals surface area contributed by atoms with Crippen molar-refractivity contribution in [2.24, 2.45) is 0 Å². The van der Waals surface area contributed by atoms with Crippen LogP contribution in [0.4, 0.5) is 0 Å². The molecule has 1 aliphatic carbocycles. The molecule has 0 spiro atoms. The Labute approximate surface area is 167 Å². The zero-order valence-electron chi connectivity index (χ0n) is 15.7. The first-order valence-corrected chi connectivity index (χ1v) is 10.4. The molecular weight excluding hydrogens is 370 g/mol. The van der Waals surface area contributed by atoms with E-state index in [1.165, 1.54) is 11.8 Å². The Balaban J connectivity index is 1.56. The average molecular weight is 391 g/mol. The molecule has 0 N–H and O–H groups in total. The smallest absolute Gasteiger partial charge is 0.293 e. The molecule has 28 heavy (non-hydrogen) atoms. The van der Waals surface area contributed by atoms with Gasteiger partial charge in [-0.1, -0.05) is 47.7 Å². The van der Waals surface area contributed by atoms with E-state index >= 15 is 0 Å². The third-order valence-corrected chi connectivity index (χ3v) is 5.98. The fourth-order valence-corrected chi connectivity index (χ4v) is 4.45. The maximum Gasteiger partial charge on any atom is 0.349 e. The number of ketones is 1. The van der Waals surface area contributed by atoms with Gasteiger partial charge in [0.15, 0.2) is 5.78 Å². The predicted octanol–water partition coefficient (Wildman–Crippen LogP) is 3.46. The minimum Gasteiger partial charge on any atom is -0.293 e. The van der Waals surface area contributed by atoms with Crippen LogP contribution >= 0.6 is 11.8 Å². The largest absolute Gasteiger partial charge is 0.349 e. The molecule has 6 heteroatoms. The molecule has 0 saturated carbocycles. The second-order valence-electron chi connectivity index (χ2n) is 6.96. The summed E-state index contributed by atoms with van der Waals surface area (Å²) in [6, 6.07) is 13.3. The van der Waals surface area contributed by atoms with Crippen LogP contribution < -0.4 is 5.69 Å². The van der Waals surface area contributed by atoms with Gasteiger partial charge < -0.3 is 0 Å². The van der Waals surface area contributed by atoms with E-state index < -0.39 is 0 Å². The first-order valence-electron chi connectivity index (χ1n) is 9.37. The molecular formula is C22H21N3O2S. The van der Waals surface area contributed by atoms with Crippen LogP contribution in [0.15, 0.2) is 58.5 Å². The maximum absolute atomic E-state index is 12.7. The van der Waals surface area contributed by atoms with Crippen LogP contribution in [-0.2, 0) is 19.4 Å². The summed E-state index contributed by atoms with van der Waals surface area (Å²) in [6.45, 7) is 2.43. The van der Waals surface area contributed by atoms with Crippen LogP contribution in [0.25, 0.3) is 0 Å². The van der Waals surface area contributed by atoms with Gasteiger partial charge in [-0.15, -0.1) is 0 Å². The standard InChI is InChI=1S/C22H21N3O2S/c1-15-8-10-16(11-9-15)20(26)14-28-21-18-6-4-7-19(18)25(22(27)24-21)13-17-5-2-3-12-23-17/h2-3,5,8-12H,4,6-7,13-14H2,1H3. The van der Waals surface area contributed by atoms with E-state index in [1.54, 1.807) is 10.8 Å². The van der Waals surface area contributed by atoms with Gasteiger partial charge >= 0.3 is 5.69 Å². The summed E-state index contributed by atoms with van der Waals surface area (Å²) in [7, 11) is 0. The molecule has 1 aromatic carbocycles. The van der Waals surface area contributed by atoms with Crippen molar-refractivity contribution in [2.45, 2.75) is 37.8 Å². The van der Waals surface area contributed by atoms with Crippen molar-refractivity contribution in [1.29, 1.82) is 0 Å². The maximum atomic E-state index is 12.7. The summed E-state index contributed by atoms with van der Waals surface area (Å²) in [5.74, 6) is 0.336. The summed E-state index contributed by atoms with van der Waals surface area (Å²) in [5, 5.41) is 0.704. The zero-order valence-corrected chi connectivity index (χ0v) is 16.5. The highest BCUT2D eigenvalue weighted by molar-refractivity contribution is 8.00. The minimum atomic E-state index is -0.267. The number of hydrogen-bond acceptors (Lipinski definition) is 5. The van der Waals surface area contributed by atoms with Crippen molar-refractivity contribution in [2.75, 3.05) is 5.75 Å². The Morgan fingerprint density at radius 2 is 1.96 bits per heavy atom. The first kappa shape index (κ1) is 18.6. The van der Waals surface area contributed by atoms with Gasteiger partial charge in [-0.05, 0) is 38.3 Å². The Morgan fingerprint density at radius 3 is 2.71 bits per heavy atom. The Hall–Kier alpha value is -2.73. The third kappa shape index (κ3) is 3.92. The molecule has 1 aliphatic rings. The van der Waals surface area contributed by atoms with Gasteiger partial charge in [0.1, 0.15) is 5.03 Å². The van der Waals surface area contributed by atoms with Gasteiger partial charge in [0.2, 0.25) is 0 Å². The van der Waals surface area contributed by atoms with E-state index in [4.69, 9.17) is 0 Å². The van der Waals surface area contributed by atoms with Crippen molar-refractivity contribution >= 4 is 17.5 Å². The molecule has 0 radical (unpaired) electrons. The second kappa shape index (κ2) is 8.10. The zero-order chi connectivity index (χ0) is 19.5. The number of hydrogen-bond donors (Lipinski definition) is 0. The number of aromatic nitrogens is 3. The molecule has 2 heterocycles. The number of nitrogens with zero attached hydrogens (tertiary/aromatic N) is 3. The predicted molar refractivity (Wildman–Crippen MR) is 110 cm³/mol. The molecule has 2 aromatic heterocycles. The molecule has 0 bridgehead atoms. The monoisotopic (exact) mass is 391 g/mol. The first-order chi connectivity index (χ1) is 13.6. The van der Waals surface area contributed by atoms with E-state index in [0.29, 0.717) is 17.1 Å². The number of Topliss-reactive ketones (excluding diaryl/α,β-unsaturated/α-hetero) is 1. The number of aryl methyl sites for hydroxylation is 1. The highest BCUT2D eigenvalue weighted by atomic mass is 32.2. The van der Waals surface area contributed by atoms with E-state index in [9.17, 15) is 9.59 Å². The Kier molecular flexibility index (Phi) is 5.39. The summed E-state index contributed by atoms with van der Waals surface area (Å²) >= 11 is 1.37. The van der Waals surface area contributed by atoms with E-state index in [0.717, 1.165) is 41.8 Å². The number of pyridine rings is 1. The lowest BCUT2D eigenvalue weighted by atomic mass is 10.1. The molecule has 0 aliphatic heterocycles. The van der Waals surface area contributed by atoms with Crippen molar-refractivity contribution < 1.29 is 4.79 Å². The van der Waals surface area contributed by atoms with Gasteiger partial charge in [0, 0.05) is 23.0 Å². The van der Waals surface area contributed by atoms with Crippen LogP contribution in [0.3, 0.4) is 0 Å². The van der Waals surface area contributed by atoms with E-state index in [1.807, 2.05) is 49.4 Å². The molecule has 0 fully saturated rings. The van der Waals surface area contributed by atoms with Gasteiger partial charge in [-0.25, -0.2) is 4.79 Å². The molecule has 0 amide bonds. The highest BCUT2D eigenvalue weighted by Gasteiger charge is 2.23. The molecule has 0 unspecified atom stereocenters. The number of thioether (sulfide) groups is 1. The quantitative estimate of drug-likeness (QED) is 0.366. The van der Waals surface area contributed by atoms with Crippen molar-refractivity contribution in [3.05, 3.63) is 87.2 Å². The normalized spacial score (nSPS) is 12.8. The van der Waals surface area contributed by atoms with Crippen molar-refractivity contribution in [3.8, 4) is 0 Å². The van der Waals surface area contributed by atoms with Crippen LogP contribution in [0.2, 0.25) is 0 Å². The summed E-state index contributed by atoms with van der Waals surface area (Å²) in [4.78, 5) is 33.8. The van der Waals surface area contributed by atoms with Gasteiger partial charge in [0.05, 0.1) is 18.0 Å². The van der Waals surface area contributed by atoms with Crippen LogP contribution in [0, 0.1) is 6.92 Å². The fraction of sp³-hybridized carbons (Fsp3) is 0.273. The molecule has 4 rings (SSSR count). The summed E-state index contributed by atoms with van der Waals surface area (Å²) in [5.41, 5.74) is 4.54. The lowest BCUT2D eigenvalue weighted by Crippen LogP contribution is -2.28. The molecule has 3 aromatic rings. The van der Waals surface area contributed by atoms with Gasteiger partial charge in [0.25, 0.3) is 0 Å². The molecule has 142 valence electrons. The van der Waals surface area contributed by atoms with E-state index in [-0.39, 0.29) is 17.2 Å². The SMILES string of the molecule is Cc1ccc(C(=O)CSc2nc(=O)n(Cc3ccccn3)c3c2CCC3)cc1. The molecule has 0 saturated heterocycles. The van der Waals surface area contributed by atoms with E-state index in [2.05, 4.69) is 9.97 Å². The number of carbonyl (C=O) groups excluding carboxylic acids is 1. The second-order valence-corrected chi connectivity index (χ2v) is 7.93. The summed E-state index contributed by atoms with van der Waals surface area (Å²) < 4.78 is 1.73. The van der Waals surface area contributed by atoms with Crippen LogP contribution in [0.1, 0.15) is 39.3 Å². The fourth-order valence-electron chi connectivity index (χ4n) is 3.48. The Bertz CT molecular complexity index is 1060. The van der Waals surface area contributed by atoms with Gasteiger partial charge in [-0.3, -0.25) is 14.3 Å². The summed E-state index contributed by atoms with van der Waals surface area (Å²) in [6.07, 6.45) is 4.49. The van der Waals surface area contributed by atoms with Crippen LogP contribution in [0.5, 0.6) is 0 Å². The number of carbonyl (C=O) groups is 1. The van der Waals surface area contributed by atoms with Gasteiger partial charge in [-0.2, -0.15) is 4.98 Å². The van der Waals surface area contributed by atoms with Crippen LogP contribution in [-0.4, -0.2) is 26.1 Å². The molecule has 5 nitrogen and oxygen atoms in total. The number of fused-ring (bicyclic) bond motifs is 1. The highest BCUT2D eigenvalue weighted by Crippen LogP contribution is 2.29. The van der Waals surface area contributed by atoms with Crippen molar-refractivity contribution in [3.63, 3.8) is 0 Å².